The number of hydrogen-bond donors (Lipinski definition) is 2. The molecule has 0 bridgehead atoms. The monoisotopic (exact) mass is 251 g/mol. The fraction of sp³-hybridized carbons (Fsp3) is 0.385. The van der Waals surface area contributed by atoms with Crippen molar-refractivity contribution in [3.8, 4) is 0 Å². The van der Waals surface area contributed by atoms with Crippen LogP contribution < -0.4 is 5.32 Å². The number of benzene rings is 1. The molecule has 1 aromatic heterocycles. The van der Waals surface area contributed by atoms with Crippen LogP contribution in [0.4, 0.5) is 0 Å². The molecule has 0 saturated carbocycles. The summed E-state index contributed by atoms with van der Waals surface area (Å²) in [4.78, 5) is 0. The zero-order valence-electron chi connectivity index (χ0n) is 9.85. The lowest BCUT2D eigenvalue weighted by Gasteiger charge is -2.14. The van der Waals surface area contributed by atoms with Gasteiger partial charge in [0, 0.05) is 18.4 Å². The Morgan fingerprint density at radius 2 is 2.24 bits per heavy atom. The SMILES string of the molecule is COCC(CO)NCc1csc2ccccc12. The van der Waals surface area contributed by atoms with Crippen molar-refractivity contribution in [2.75, 3.05) is 20.3 Å². The van der Waals surface area contributed by atoms with E-state index in [1.807, 2.05) is 0 Å². The van der Waals surface area contributed by atoms with Crippen LogP contribution in [0.5, 0.6) is 0 Å². The molecule has 0 aliphatic rings. The van der Waals surface area contributed by atoms with E-state index in [-0.39, 0.29) is 12.6 Å². The molecule has 17 heavy (non-hydrogen) atoms. The van der Waals surface area contributed by atoms with Crippen LogP contribution in [0, 0.1) is 0 Å². The van der Waals surface area contributed by atoms with Crippen LogP contribution in [-0.2, 0) is 11.3 Å². The van der Waals surface area contributed by atoms with Gasteiger partial charge < -0.3 is 15.2 Å². The first kappa shape index (κ1) is 12.5. The predicted octanol–water partition coefficient (Wildman–Crippen LogP) is 2.00. The molecule has 1 aromatic carbocycles. The number of ether oxygens (including phenoxy) is 1. The zero-order chi connectivity index (χ0) is 12.1. The van der Waals surface area contributed by atoms with Crippen LogP contribution >= 0.6 is 11.3 Å². The molecule has 2 aromatic rings. The molecule has 4 heteroatoms. The summed E-state index contributed by atoms with van der Waals surface area (Å²) >= 11 is 1.75. The van der Waals surface area contributed by atoms with Gasteiger partial charge in [0.15, 0.2) is 0 Å². The highest BCUT2D eigenvalue weighted by Crippen LogP contribution is 2.25. The van der Waals surface area contributed by atoms with Gasteiger partial charge in [-0.2, -0.15) is 0 Å². The van der Waals surface area contributed by atoms with Crippen LogP contribution in [-0.4, -0.2) is 31.5 Å². The molecule has 0 aliphatic carbocycles. The van der Waals surface area contributed by atoms with E-state index in [1.54, 1.807) is 18.4 Å². The van der Waals surface area contributed by atoms with Gasteiger partial charge in [0.25, 0.3) is 0 Å². The van der Waals surface area contributed by atoms with Crippen molar-refractivity contribution in [2.24, 2.45) is 0 Å². The third-order valence-electron chi connectivity index (χ3n) is 2.73. The number of rotatable bonds is 6. The highest BCUT2D eigenvalue weighted by molar-refractivity contribution is 7.17. The summed E-state index contributed by atoms with van der Waals surface area (Å²) < 4.78 is 6.33. The number of thiophene rings is 1. The molecule has 0 spiro atoms. The van der Waals surface area contributed by atoms with E-state index in [0.29, 0.717) is 6.61 Å². The molecule has 3 nitrogen and oxygen atoms in total. The summed E-state index contributed by atoms with van der Waals surface area (Å²) in [5, 5.41) is 15.9. The summed E-state index contributed by atoms with van der Waals surface area (Å²) in [6, 6.07) is 8.36. The summed E-state index contributed by atoms with van der Waals surface area (Å²) in [5.41, 5.74) is 1.28. The number of aliphatic hydroxyl groups is 1. The molecule has 1 unspecified atom stereocenters. The second-order valence-electron chi connectivity index (χ2n) is 3.97. The van der Waals surface area contributed by atoms with E-state index in [1.165, 1.54) is 15.6 Å². The van der Waals surface area contributed by atoms with Crippen LogP contribution in [0.1, 0.15) is 5.56 Å². The average molecular weight is 251 g/mol. The second kappa shape index (κ2) is 6.12. The topological polar surface area (TPSA) is 41.5 Å². The lowest BCUT2D eigenvalue weighted by molar-refractivity contribution is 0.128. The van der Waals surface area contributed by atoms with Crippen molar-refractivity contribution in [1.82, 2.24) is 5.32 Å². The maximum absolute atomic E-state index is 9.16. The Balaban J connectivity index is 2.03. The summed E-state index contributed by atoms with van der Waals surface area (Å²) in [6.07, 6.45) is 0. The van der Waals surface area contributed by atoms with E-state index in [9.17, 15) is 0 Å². The maximum Gasteiger partial charge on any atom is 0.0638 e. The third kappa shape index (κ3) is 3.04. The molecular weight excluding hydrogens is 234 g/mol. The number of methoxy groups -OCH3 is 1. The maximum atomic E-state index is 9.16. The summed E-state index contributed by atoms with van der Waals surface area (Å²) in [5.74, 6) is 0. The minimum atomic E-state index is -0.00124. The van der Waals surface area contributed by atoms with Crippen molar-refractivity contribution in [3.05, 3.63) is 35.2 Å². The standard InChI is InChI=1S/C13H17NO2S/c1-16-8-11(7-15)14-6-10-9-17-13-5-3-2-4-12(10)13/h2-5,9,11,14-15H,6-8H2,1H3. The van der Waals surface area contributed by atoms with E-state index in [4.69, 9.17) is 9.84 Å². The Bertz CT molecular complexity index is 469. The molecule has 92 valence electrons. The van der Waals surface area contributed by atoms with E-state index < -0.39 is 0 Å². The van der Waals surface area contributed by atoms with E-state index >= 15 is 0 Å². The van der Waals surface area contributed by atoms with Gasteiger partial charge in [0.1, 0.15) is 0 Å². The first-order chi connectivity index (χ1) is 8.35. The number of nitrogens with one attached hydrogen (secondary N) is 1. The van der Waals surface area contributed by atoms with Crippen molar-refractivity contribution in [1.29, 1.82) is 0 Å². The number of hydrogen-bond acceptors (Lipinski definition) is 4. The second-order valence-corrected chi connectivity index (χ2v) is 4.88. The molecule has 0 amide bonds. The van der Waals surface area contributed by atoms with E-state index in [2.05, 4.69) is 35.0 Å². The fourth-order valence-corrected chi connectivity index (χ4v) is 2.76. The Hall–Kier alpha value is -0.940. The first-order valence-electron chi connectivity index (χ1n) is 5.63. The Morgan fingerprint density at radius 3 is 3.00 bits per heavy atom. The average Bonchev–Trinajstić information content (AvgIpc) is 2.78. The highest BCUT2D eigenvalue weighted by Gasteiger charge is 2.08. The molecule has 2 rings (SSSR count). The van der Waals surface area contributed by atoms with Crippen LogP contribution in [0.2, 0.25) is 0 Å². The van der Waals surface area contributed by atoms with Gasteiger partial charge in [-0.15, -0.1) is 11.3 Å². The molecule has 2 N–H and O–H groups in total. The van der Waals surface area contributed by atoms with Gasteiger partial charge in [-0.25, -0.2) is 0 Å². The minimum absolute atomic E-state index is 0.00124. The Kier molecular flexibility index (Phi) is 4.50. The summed E-state index contributed by atoms with van der Waals surface area (Å²) in [7, 11) is 1.64. The van der Waals surface area contributed by atoms with Crippen LogP contribution in [0.15, 0.2) is 29.6 Å². The van der Waals surface area contributed by atoms with Gasteiger partial charge in [-0.3, -0.25) is 0 Å². The molecule has 0 aliphatic heterocycles. The van der Waals surface area contributed by atoms with E-state index in [0.717, 1.165) is 6.54 Å². The van der Waals surface area contributed by atoms with Crippen molar-refractivity contribution in [2.45, 2.75) is 12.6 Å². The number of fused-ring (bicyclic) bond motifs is 1. The summed E-state index contributed by atoms with van der Waals surface area (Å²) in [6.45, 7) is 1.38. The Morgan fingerprint density at radius 1 is 1.41 bits per heavy atom. The minimum Gasteiger partial charge on any atom is -0.395 e. The third-order valence-corrected chi connectivity index (χ3v) is 3.74. The molecule has 0 radical (unpaired) electrons. The van der Waals surface area contributed by atoms with Crippen molar-refractivity contribution >= 4 is 21.4 Å². The van der Waals surface area contributed by atoms with Crippen LogP contribution in [0.25, 0.3) is 10.1 Å². The van der Waals surface area contributed by atoms with Gasteiger partial charge in [-0.05, 0) is 22.4 Å². The van der Waals surface area contributed by atoms with Gasteiger partial charge in [-0.1, -0.05) is 18.2 Å². The first-order valence-corrected chi connectivity index (χ1v) is 6.51. The Labute approximate surface area is 105 Å². The van der Waals surface area contributed by atoms with Gasteiger partial charge in [0.2, 0.25) is 0 Å². The lowest BCUT2D eigenvalue weighted by atomic mass is 10.1. The van der Waals surface area contributed by atoms with Crippen molar-refractivity contribution < 1.29 is 9.84 Å². The fourth-order valence-electron chi connectivity index (χ4n) is 1.80. The zero-order valence-corrected chi connectivity index (χ0v) is 10.7. The molecule has 1 heterocycles. The van der Waals surface area contributed by atoms with Gasteiger partial charge in [0.05, 0.1) is 19.3 Å². The largest absolute Gasteiger partial charge is 0.395 e. The molecule has 1 atom stereocenters. The van der Waals surface area contributed by atoms with Crippen LogP contribution in [0.3, 0.4) is 0 Å². The number of aliphatic hydroxyl groups excluding tert-OH is 1. The highest BCUT2D eigenvalue weighted by atomic mass is 32.1. The normalized spacial score (nSPS) is 13.1. The quantitative estimate of drug-likeness (QED) is 0.825. The predicted molar refractivity (Wildman–Crippen MR) is 71.4 cm³/mol. The molecule has 0 fully saturated rings. The smallest absolute Gasteiger partial charge is 0.0638 e. The van der Waals surface area contributed by atoms with Gasteiger partial charge >= 0.3 is 0 Å². The lowest BCUT2D eigenvalue weighted by Crippen LogP contribution is -2.35. The molecule has 0 saturated heterocycles. The molecular formula is C13H17NO2S. The van der Waals surface area contributed by atoms with Crippen molar-refractivity contribution in [3.63, 3.8) is 0 Å².